The lowest BCUT2D eigenvalue weighted by Crippen LogP contribution is -2.26. The van der Waals surface area contributed by atoms with Crippen molar-refractivity contribution in [3.63, 3.8) is 0 Å². The monoisotopic (exact) mass is 267 g/mol. The van der Waals surface area contributed by atoms with E-state index in [1.54, 1.807) is 4.68 Å². The fourth-order valence-corrected chi connectivity index (χ4v) is 2.59. The first-order valence-corrected chi connectivity index (χ1v) is 6.60. The second-order valence-corrected chi connectivity index (χ2v) is 5.05. The molecule has 5 nitrogen and oxygen atoms in total. The van der Waals surface area contributed by atoms with Crippen LogP contribution in [0.3, 0.4) is 0 Å². The Bertz CT molecular complexity index is 682. The third-order valence-corrected chi connectivity index (χ3v) is 3.52. The zero-order chi connectivity index (χ0) is 14.1. The number of benzene rings is 1. The van der Waals surface area contributed by atoms with Crippen LogP contribution in [0.2, 0.25) is 0 Å². The van der Waals surface area contributed by atoms with Gasteiger partial charge in [-0.15, -0.1) is 5.10 Å². The van der Waals surface area contributed by atoms with Gasteiger partial charge in [-0.1, -0.05) is 30.3 Å². The minimum atomic E-state index is 0.136. The Hall–Kier alpha value is -2.43. The quantitative estimate of drug-likeness (QED) is 0.904. The van der Waals surface area contributed by atoms with Crippen LogP contribution in [0.5, 0.6) is 0 Å². The fourth-order valence-electron chi connectivity index (χ4n) is 2.59. The predicted molar refractivity (Wildman–Crippen MR) is 79.9 cm³/mol. The zero-order valence-electron chi connectivity index (χ0n) is 11.6. The van der Waals surface area contributed by atoms with E-state index in [-0.39, 0.29) is 5.92 Å². The number of aryl methyl sites for hydroxylation is 2. The van der Waals surface area contributed by atoms with Crippen LogP contribution in [0.1, 0.15) is 29.2 Å². The van der Waals surface area contributed by atoms with Crippen molar-refractivity contribution in [2.45, 2.75) is 19.3 Å². The van der Waals surface area contributed by atoms with E-state index in [1.165, 1.54) is 5.56 Å². The molecule has 102 valence electrons. The Labute approximate surface area is 117 Å². The molecule has 0 aliphatic carbocycles. The topological polar surface area (TPSA) is 68.6 Å². The number of rotatable bonds is 2. The Morgan fingerprint density at radius 3 is 2.60 bits per heavy atom. The highest BCUT2D eigenvalue weighted by molar-refractivity contribution is 6.09. The van der Waals surface area contributed by atoms with Crippen LogP contribution in [-0.4, -0.2) is 21.3 Å². The van der Waals surface area contributed by atoms with Gasteiger partial charge in [-0.2, -0.15) is 10.2 Å². The van der Waals surface area contributed by atoms with Gasteiger partial charge in [-0.25, -0.2) is 0 Å². The molecule has 0 saturated carbocycles. The van der Waals surface area contributed by atoms with Crippen molar-refractivity contribution < 1.29 is 0 Å². The summed E-state index contributed by atoms with van der Waals surface area (Å²) in [5.41, 5.74) is 10.0. The number of nitrogens with zero attached hydrogens (tertiary/aromatic N) is 4. The van der Waals surface area contributed by atoms with Gasteiger partial charge in [-0.05, 0) is 12.5 Å². The Kier molecular flexibility index (Phi) is 3.10. The average molecular weight is 267 g/mol. The molecule has 1 aliphatic rings. The van der Waals surface area contributed by atoms with Gasteiger partial charge < -0.3 is 5.73 Å². The van der Waals surface area contributed by atoms with Gasteiger partial charge in [0, 0.05) is 31.1 Å². The number of nitrogens with two attached hydrogens (primary N) is 1. The molecule has 0 bridgehead atoms. The van der Waals surface area contributed by atoms with Crippen molar-refractivity contribution in [3.05, 3.63) is 53.3 Å². The van der Waals surface area contributed by atoms with Crippen molar-refractivity contribution in [2.24, 2.45) is 23.0 Å². The van der Waals surface area contributed by atoms with Crippen molar-refractivity contribution in [1.82, 2.24) is 9.78 Å². The number of hydrogen-bond donors (Lipinski definition) is 1. The molecule has 2 heterocycles. The summed E-state index contributed by atoms with van der Waals surface area (Å²) in [5.74, 6) is 0.709. The number of hydrogen-bond acceptors (Lipinski definition) is 4. The van der Waals surface area contributed by atoms with Gasteiger partial charge in [-0.3, -0.25) is 4.68 Å². The van der Waals surface area contributed by atoms with Crippen LogP contribution in [0, 0.1) is 6.92 Å². The highest BCUT2D eigenvalue weighted by atomic mass is 15.3. The summed E-state index contributed by atoms with van der Waals surface area (Å²) in [6.45, 7) is 1.99. The van der Waals surface area contributed by atoms with Crippen LogP contribution in [0.25, 0.3) is 0 Å². The maximum Gasteiger partial charge on any atom is 0.123 e. The Morgan fingerprint density at radius 1 is 1.20 bits per heavy atom. The van der Waals surface area contributed by atoms with E-state index in [4.69, 9.17) is 5.73 Å². The molecule has 0 radical (unpaired) electrons. The summed E-state index contributed by atoms with van der Waals surface area (Å²) >= 11 is 0. The first-order chi connectivity index (χ1) is 9.65. The first-order valence-electron chi connectivity index (χ1n) is 6.60. The van der Waals surface area contributed by atoms with E-state index in [9.17, 15) is 0 Å². The highest BCUT2D eigenvalue weighted by Crippen LogP contribution is 2.28. The molecule has 20 heavy (non-hydrogen) atoms. The van der Waals surface area contributed by atoms with Gasteiger partial charge in [0.25, 0.3) is 0 Å². The minimum Gasteiger partial charge on any atom is -0.386 e. The molecule has 2 aromatic rings. The molecular weight excluding hydrogens is 250 g/mol. The van der Waals surface area contributed by atoms with Gasteiger partial charge in [0.05, 0.1) is 11.4 Å². The lowest BCUT2D eigenvalue weighted by Gasteiger charge is -2.21. The average Bonchev–Trinajstić information content (AvgIpc) is 2.78. The molecule has 2 N–H and O–H groups in total. The van der Waals surface area contributed by atoms with Crippen molar-refractivity contribution >= 4 is 11.5 Å². The van der Waals surface area contributed by atoms with E-state index < -0.39 is 0 Å². The standard InChI is InChI=1S/C15H17N5/c1-10-13(9-20(2)19-10)15-12(8-14(16)17-18-15)11-6-4-3-5-7-11/h3-7,9,12H,8H2,1-2H3,(H2,16,17). The molecule has 1 atom stereocenters. The summed E-state index contributed by atoms with van der Waals surface area (Å²) in [4.78, 5) is 0. The summed E-state index contributed by atoms with van der Waals surface area (Å²) in [6, 6.07) is 10.3. The molecule has 1 aliphatic heterocycles. The summed E-state index contributed by atoms with van der Waals surface area (Å²) < 4.78 is 1.80. The number of amidine groups is 1. The molecular formula is C15H17N5. The van der Waals surface area contributed by atoms with Crippen molar-refractivity contribution in [2.75, 3.05) is 0 Å². The predicted octanol–water partition coefficient (Wildman–Crippen LogP) is 1.98. The van der Waals surface area contributed by atoms with E-state index in [0.29, 0.717) is 12.3 Å². The fraction of sp³-hybridized carbons (Fsp3) is 0.267. The lowest BCUT2D eigenvalue weighted by atomic mass is 9.86. The molecule has 5 heteroatoms. The molecule has 1 aromatic carbocycles. The van der Waals surface area contributed by atoms with Gasteiger partial charge in [0.2, 0.25) is 0 Å². The second-order valence-electron chi connectivity index (χ2n) is 5.05. The van der Waals surface area contributed by atoms with E-state index in [2.05, 4.69) is 27.4 Å². The molecule has 0 amide bonds. The maximum absolute atomic E-state index is 5.87. The molecule has 0 saturated heterocycles. The van der Waals surface area contributed by atoms with E-state index in [1.807, 2.05) is 38.4 Å². The smallest absolute Gasteiger partial charge is 0.123 e. The highest BCUT2D eigenvalue weighted by Gasteiger charge is 2.26. The van der Waals surface area contributed by atoms with Crippen LogP contribution in [0.4, 0.5) is 0 Å². The number of aromatic nitrogens is 2. The van der Waals surface area contributed by atoms with Gasteiger partial charge in [0.15, 0.2) is 0 Å². The molecule has 0 spiro atoms. The van der Waals surface area contributed by atoms with Crippen LogP contribution >= 0.6 is 0 Å². The van der Waals surface area contributed by atoms with Crippen molar-refractivity contribution in [3.8, 4) is 0 Å². The third kappa shape index (κ3) is 2.22. The van der Waals surface area contributed by atoms with Crippen LogP contribution in [0.15, 0.2) is 46.7 Å². The Balaban J connectivity index is 2.08. The SMILES string of the molecule is Cc1nn(C)cc1C1=NN=C(N)CC1c1ccccc1. The van der Waals surface area contributed by atoms with E-state index >= 15 is 0 Å². The summed E-state index contributed by atoms with van der Waals surface area (Å²) in [6.07, 6.45) is 2.68. The maximum atomic E-state index is 5.87. The summed E-state index contributed by atoms with van der Waals surface area (Å²) in [5, 5.41) is 12.8. The molecule has 1 unspecified atom stereocenters. The van der Waals surface area contributed by atoms with Crippen LogP contribution in [-0.2, 0) is 7.05 Å². The van der Waals surface area contributed by atoms with Crippen LogP contribution < -0.4 is 5.73 Å². The lowest BCUT2D eigenvalue weighted by molar-refractivity contribution is 0.756. The van der Waals surface area contributed by atoms with Gasteiger partial charge in [0.1, 0.15) is 5.84 Å². The van der Waals surface area contributed by atoms with E-state index in [0.717, 1.165) is 17.0 Å². The summed E-state index contributed by atoms with van der Waals surface area (Å²) in [7, 11) is 1.91. The zero-order valence-corrected chi connectivity index (χ0v) is 11.6. The molecule has 0 fully saturated rings. The van der Waals surface area contributed by atoms with Crippen molar-refractivity contribution in [1.29, 1.82) is 0 Å². The Morgan fingerprint density at radius 2 is 1.95 bits per heavy atom. The third-order valence-electron chi connectivity index (χ3n) is 3.52. The first kappa shape index (κ1) is 12.6. The van der Waals surface area contributed by atoms with Gasteiger partial charge >= 0.3 is 0 Å². The largest absolute Gasteiger partial charge is 0.386 e. The normalized spacial score (nSPS) is 18.6. The molecule has 1 aromatic heterocycles. The minimum absolute atomic E-state index is 0.136. The molecule has 3 rings (SSSR count). The second kappa shape index (κ2) is 4.92.